The molecule has 6 nitrogen and oxygen atoms in total. The molecule has 7 rings (SSSR count). The number of nitrogens with one attached hydrogen (secondary N) is 1. The molecule has 2 saturated heterocycles. The number of para-hydroxylation sites is 4. The molecule has 38 heavy (non-hydrogen) atoms. The van der Waals surface area contributed by atoms with Crippen molar-refractivity contribution in [1.82, 2.24) is 29.3 Å². The maximum Gasteiger partial charge on any atom is 0.124 e. The fourth-order valence-corrected chi connectivity index (χ4v) is 4.95. The first kappa shape index (κ1) is 19.0. The molecule has 198 valence electrons. The Bertz CT molecular complexity index is 1710. The van der Waals surface area contributed by atoms with Crippen molar-refractivity contribution in [2.45, 2.75) is 45.2 Å². The van der Waals surface area contributed by atoms with Crippen LogP contribution >= 0.6 is 11.6 Å². The first-order valence-electron chi connectivity index (χ1n) is 16.2. The summed E-state index contributed by atoms with van der Waals surface area (Å²) in [6.45, 7) is -2.44. The average molecular weight is 535 g/mol. The van der Waals surface area contributed by atoms with Crippen molar-refractivity contribution in [3.63, 3.8) is 0 Å². The van der Waals surface area contributed by atoms with Gasteiger partial charge in [-0.25, -0.2) is 9.97 Å². The van der Waals surface area contributed by atoms with Gasteiger partial charge in [0.15, 0.2) is 0 Å². The lowest BCUT2D eigenvalue weighted by molar-refractivity contribution is 0.318. The zero-order valence-electron chi connectivity index (χ0n) is 27.2. The summed E-state index contributed by atoms with van der Waals surface area (Å²) >= 11 is 5.96. The number of halogens is 1. The Hall–Kier alpha value is -3.19. The van der Waals surface area contributed by atoms with Crippen LogP contribution in [0, 0.1) is 0 Å². The Kier molecular flexibility index (Phi) is 5.83. The number of aromatic amines is 1. The predicted octanol–water partition coefficient (Wildman–Crippen LogP) is 6.74. The molecule has 0 bridgehead atoms. The van der Waals surface area contributed by atoms with Gasteiger partial charge in [0.1, 0.15) is 11.6 Å². The summed E-state index contributed by atoms with van der Waals surface area (Å²) in [6, 6.07) is 21.4. The van der Waals surface area contributed by atoms with Gasteiger partial charge in [-0.15, -0.1) is 0 Å². The lowest BCUT2D eigenvalue weighted by Gasteiger charge is -2.16. The van der Waals surface area contributed by atoms with Gasteiger partial charge in [-0.2, -0.15) is 0 Å². The maximum absolute atomic E-state index is 8.83. The highest BCUT2D eigenvalue weighted by Gasteiger charge is 2.17. The third-order valence-electron chi connectivity index (χ3n) is 6.77. The minimum atomic E-state index is -1.98. The van der Waals surface area contributed by atoms with E-state index in [2.05, 4.69) is 15.0 Å². The number of imidazole rings is 2. The van der Waals surface area contributed by atoms with Crippen molar-refractivity contribution in [3.8, 4) is 0 Å². The average Bonchev–Trinajstić information content (AvgIpc) is 3.83. The molecular weight excluding hydrogens is 492 g/mol. The molecule has 1 N–H and O–H groups in total. The van der Waals surface area contributed by atoms with Crippen molar-refractivity contribution >= 4 is 33.7 Å². The van der Waals surface area contributed by atoms with E-state index in [9.17, 15) is 0 Å². The number of nitrogens with zero attached hydrogens (tertiary/aromatic N) is 5. The molecule has 0 amide bonds. The Morgan fingerprint density at radius 3 is 2.08 bits per heavy atom. The van der Waals surface area contributed by atoms with E-state index in [4.69, 9.17) is 19.8 Å². The number of benzene rings is 3. The van der Waals surface area contributed by atoms with Gasteiger partial charge in [0.2, 0.25) is 0 Å². The molecule has 5 aromatic rings. The molecule has 2 aliphatic heterocycles. The number of hydrogen-bond donors (Lipinski definition) is 1. The van der Waals surface area contributed by atoms with Crippen molar-refractivity contribution in [2.24, 2.45) is 0 Å². The molecule has 0 atom stereocenters. The van der Waals surface area contributed by atoms with Gasteiger partial charge < -0.3 is 9.55 Å². The number of likely N-dealkylation sites (tertiary alicyclic amines) is 2. The zero-order chi connectivity index (χ0) is 31.1. The Morgan fingerprint density at radius 2 is 1.37 bits per heavy atom. The fraction of sp³-hybridized carbons (Fsp3) is 0.355. The first-order chi connectivity index (χ1) is 21.0. The standard InChI is InChI=1S/C19H20ClN3.C12H15N3.H2/c20-16-9-7-15(8-10-16)13-23-18-6-2-1-5-17(18)21-19(23)14-22-11-3-4-12-22;1-2-6-11-10(5-1)13-12(14-11)9-15-7-3-4-8-15;/h1-2,5-10H,3-4,11-14H2;1-2,5-6H,3-4,7-9H2,(H,13,14);1H/i13D2,14D2;9D2;. The van der Waals surface area contributed by atoms with E-state index in [0.29, 0.717) is 40.5 Å². The molecule has 3 aromatic carbocycles. The molecule has 2 aromatic heterocycles. The van der Waals surface area contributed by atoms with E-state index in [1.54, 1.807) is 41.3 Å². The molecule has 7 heteroatoms. The van der Waals surface area contributed by atoms with Gasteiger partial charge in [-0.1, -0.05) is 48.0 Å². The lowest BCUT2D eigenvalue weighted by atomic mass is 10.2. The molecular formula is C31H37ClN6. The highest BCUT2D eigenvalue weighted by molar-refractivity contribution is 6.30. The highest BCUT2D eigenvalue weighted by atomic mass is 35.5. The van der Waals surface area contributed by atoms with Crippen molar-refractivity contribution in [1.29, 1.82) is 0 Å². The van der Waals surface area contributed by atoms with Gasteiger partial charge in [-0.05, 0) is 93.8 Å². The zero-order valence-corrected chi connectivity index (χ0v) is 22.0. The number of aromatic nitrogens is 4. The van der Waals surface area contributed by atoms with Gasteiger partial charge in [0, 0.05) is 12.9 Å². The predicted molar refractivity (Wildman–Crippen MR) is 158 cm³/mol. The topological polar surface area (TPSA) is 53.0 Å². The fourth-order valence-electron chi connectivity index (χ4n) is 4.82. The van der Waals surface area contributed by atoms with Gasteiger partial charge >= 0.3 is 0 Å². The second-order valence-electron chi connectivity index (χ2n) is 9.59. The smallest absolute Gasteiger partial charge is 0.124 e. The largest absolute Gasteiger partial charge is 0.341 e. The van der Waals surface area contributed by atoms with E-state index in [-0.39, 0.29) is 7.25 Å². The van der Waals surface area contributed by atoms with Crippen LogP contribution in [-0.4, -0.2) is 55.5 Å². The molecule has 0 unspecified atom stereocenters. The van der Waals surface area contributed by atoms with Crippen LogP contribution in [0.3, 0.4) is 0 Å². The van der Waals surface area contributed by atoms with Crippen LogP contribution in [0.5, 0.6) is 0 Å². The third-order valence-corrected chi connectivity index (χ3v) is 7.02. The third kappa shape index (κ3) is 5.93. The summed E-state index contributed by atoms with van der Waals surface area (Å²) in [5.41, 5.74) is 3.26. The van der Waals surface area contributed by atoms with E-state index < -0.39 is 19.5 Å². The molecule has 2 fully saturated rings. The van der Waals surface area contributed by atoms with Gasteiger partial charge in [-0.3, -0.25) is 9.80 Å². The van der Waals surface area contributed by atoms with Gasteiger partial charge in [0.05, 0.1) is 43.3 Å². The SMILES string of the molecule is [2H]C([2H])(c1nc2ccccc2[nH]1)N1CCCC1.[2H]C([2H])(c1nc2ccccc2n1C([2H])([2H])c1ccc(Cl)cc1)N1CCCC1.[HH]. The second-order valence-corrected chi connectivity index (χ2v) is 10.0. The van der Waals surface area contributed by atoms with E-state index in [0.717, 1.165) is 49.8 Å². The van der Waals surface area contributed by atoms with Crippen LogP contribution in [0.15, 0.2) is 72.8 Å². The van der Waals surface area contributed by atoms with E-state index >= 15 is 0 Å². The Balaban J connectivity index is 0.000000192. The summed E-state index contributed by atoms with van der Waals surface area (Å²) in [7, 11) is 0. The summed E-state index contributed by atoms with van der Waals surface area (Å²) < 4.78 is 52.9. The highest BCUT2D eigenvalue weighted by Crippen LogP contribution is 2.21. The summed E-state index contributed by atoms with van der Waals surface area (Å²) in [5, 5.41) is 0.526. The summed E-state index contributed by atoms with van der Waals surface area (Å²) in [6.07, 6.45) is 4.01. The molecule has 0 spiro atoms. The minimum absolute atomic E-state index is 0. The van der Waals surface area contributed by atoms with Crippen LogP contribution in [0.4, 0.5) is 0 Å². The molecule has 2 aliphatic rings. The molecule has 4 heterocycles. The Morgan fingerprint density at radius 1 is 0.737 bits per heavy atom. The van der Waals surface area contributed by atoms with Gasteiger partial charge in [0.25, 0.3) is 0 Å². The van der Waals surface area contributed by atoms with Crippen LogP contribution in [0.1, 0.15) is 52.5 Å². The van der Waals surface area contributed by atoms with Crippen molar-refractivity contribution < 1.29 is 9.65 Å². The van der Waals surface area contributed by atoms with Crippen LogP contribution in [0.25, 0.3) is 22.1 Å². The lowest BCUT2D eigenvalue weighted by Crippen LogP contribution is -2.21. The molecule has 0 aliphatic carbocycles. The normalized spacial score (nSPS) is 19.8. The number of rotatable bonds is 6. The maximum atomic E-state index is 8.83. The Labute approximate surface area is 239 Å². The quantitative estimate of drug-likeness (QED) is 0.262. The minimum Gasteiger partial charge on any atom is -0.341 e. The van der Waals surface area contributed by atoms with E-state index in [1.165, 1.54) is 4.57 Å². The number of H-pyrrole nitrogens is 1. The van der Waals surface area contributed by atoms with E-state index in [1.807, 2.05) is 41.3 Å². The number of fused-ring (bicyclic) bond motifs is 2. The number of hydrogen-bond acceptors (Lipinski definition) is 4. The molecule has 0 radical (unpaired) electrons. The second kappa shape index (κ2) is 11.7. The van der Waals surface area contributed by atoms with Crippen LogP contribution in [0.2, 0.25) is 5.02 Å². The van der Waals surface area contributed by atoms with Crippen LogP contribution in [-0.2, 0) is 19.5 Å². The summed E-state index contributed by atoms with van der Waals surface area (Å²) in [4.78, 5) is 15.6. The molecule has 0 saturated carbocycles. The first-order valence-corrected chi connectivity index (χ1v) is 13.6. The monoisotopic (exact) mass is 534 g/mol. The van der Waals surface area contributed by atoms with Crippen LogP contribution < -0.4 is 0 Å². The van der Waals surface area contributed by atoms with Crippen molar-refractivity contribution in [2.75, 3.05) is 26.2 Å². The summed E-state index contributed by atoms with van der Waals surface area (Å²) in [5.74, 6) is 0.506. The van der Waals surface area contributed by atoms with Crippen molar-refractivity contribution in [3.05, 3.63) is 95.0 Å².